The molecule has 144 valence electrons. The molecule has 2 aromatic heterocycles. The molecule has 2 rings (SSSR count). The Balaban J connectivity index is 2.66. The van der Waals surface area contributed by atoms with E-state index in [1.165, 1.54) is 0 Å². The Hall–Kier alpha value is -1.63. The van der Waals surface area contributed by atoms with Crippen molar-refractivity contribution in [1.29, 1.82) is 0 Å². The van der Waals surface area contributed by atoms with Gasteiger partial charge in [0.05, 0.1) is 9.99 Å². The number of anilines is 1. The number of rotatable bonds is 4. The van der Waals surface area contributed by atoms with Crippen LogP contribution in [0.25, 0.3) is 11.0 Å². The van der Waals surface area contributed by atoms with Crippen LogP contribution in [0.4, 0.5) is 10.6 Å². The van der Waals surface area contributed by atoms with E-state index >= 15 is 0 Å². The maximum Gasteiger partial charge on any atom is 0.420 e. The minimum Gasteiger partial charge on any atom is -0.443 e. The van der Waals surface area contributed by atoms with Gasteiger partial charge in [0, 0.05) is 18.2 Å². The van der Waals surface area contributed by atoms with Crippen molar-refractivity contribution in [3.8, 4) is 0 Å². The first-order chi connectivity index (χ1) is 11.9. The van der Waals surface area contributed by atoms with Crippen molar-refractivity contribution in [3.05, 3.63) is 16.5 Å². The fourth-order valence-corrected chi connectivity index (χ4v) is 3.02. The van der Waals surface area contributed by atoms with Gasteiger partial charge in [0.15, 0.2) is 5.82 Å². The van der Waals surface area contributed by atoms with E-state index in [9.17, 15) is 4.79 Å². The number of halogens is 1. The summed E-state index contributed by atoms with van der Waals surface area (Å²) in [5.74, 6) is 1.36. The molecule has 7 heteroatoms. The van der Waals surface area contributed by atoms with Crippen LogP contribution in [0.3, 0.4) is 0 Å². The Morgan fingerprint density at radius 3 is 2.46 bits per heavy atom. The Labute approximate surface area is 163 Å². The van der Waals surface area contributed by atoms with Crippen LogP contribution in [-0.4, -0.2) is 31.8 Å². The van der Waals surface area contributed by atoms with Gasteiger partial charge in [-0.3, -0.25) is 0 Å². The summed E-state index contributed by atoms with van der Waals surface area (Å²) in [5.41, 5.74) is 0.604. The number of carbonyl (C=O) groups excluding carboxylic acids is 1. The first-order valence-electron chi connectivity index (χ1n) is 9.00. The SMILES string of the molecule is CCCCc1nc2c(NC(C)(C)C)ncc(Br)c2n1C(=O)OC(C)(C)C. The zero-order valence-corrected chi connectivity index (χ0v) is 18.3. The van der Waals surface area contributed by atoms with Gasteiger partial charge in [0.2, 0.25) is 0 Å². The highest BCUT2D eigenvalue weighted by Crippen LogP contribution is 2.31. The normalized spacial score (nSPS) is 12.5. The highest BCUT2D eigenvalue weighted by Gasteiger charge is 2.26. The van der Waals surface area contributed by atoms with Crippen molar-refractivity contribution in [2.45, 2.75) is 78.9 Å². The van der Waals surface area contributed by atoms with E-state index in [1.807, 2.05) is 20.8 Å². The summed E-state index contributed by atoms with van der Waals surface area (Å²) in [6, 6.07) is 0. The van der Waals surface area contributed by atoms with Crippen molar-refractivity contribution < 1.29 is 9.53 Å². The van der Waals surface area contributed by atoms with Crippen LogP contribution in [-0.2, 0) is 11.2 Å². The highest BCUT2D eigenvalue weighted by atomic mass is 79.9. The number of aryl methyl sites for hydroxylation is 1. The Morgan fingerprint density at radius 2 is 1.92 bits per heavy atom. The lowest BCUT2D eigenvalue weighted by atomic mass is 10.1. The number of hydrogen-bond donors (Lipinski definition) is 1. The minimum absolute atomic E-state index is 0.174. The fourth-order valence-electron chi connectivity index (χ4n) is 2.55. The van der Waals surface area contributed by atoms with Crippen LogP contribution in [0.2, 0.25) is 0 Å². The van der Waals surface area contributed by atoms with E-state index in [-0.39, 0.29) is 5.54 Å². The number of unbranched alkanes of at least 4 members (excludes halogenated alkanes) is 1. The van der Waals surface area contributed by atoms with Gasteiger partial charge in [0.25, 0.3) is 0 Å². The van der Waals surface area contributed by atoms with Crippen LogP contribution in [0.15, 0.2) is 10.7 Å². The number of hydrogen-bond acceptors (Lipinski definition) is 5. The second-order valence-corrected chi connectivity index (χ2v) is 9.33. The average Bonchev–Trinajstić information content (AvgIpc) is 2.85. The summed E-state index contributed by atoms with van der Waals surface area (Å²) < 4.78 is 7.92. The fraction of sp³-hybridized carbons (Fsp3) is 0.632. The predicted octanol–water partition coefficient (Wildman–Crippen LogP) is 5.53. The third-order valence-electron chi connectivity index (χ3n) is 3.53. The van der Waals surface area contributed by atoms with Crippen LogP contribution in [0.5, 0.6) is 0 Å². The number of pyridine rings is 1. The van der Waals surface area contributed by atoms with Crippen LogP contribution < -0.4 is 5.32 Å². The van der Waals surface area contributed by atoms with Gasteiger partial charge < -0.3 is 10.1 Å². The largest absolute Gasteiger partial charge is 0.443 e. The predicted molar refractivity (Wildman–Crippen MR) is 109 cm³/mol. The number of nitrogens with zero attached hydrogens (tertiary/aromatic N) is 3. The molecule has 0 saturated heterocycles. The molecule has 6 nitrogen and oxygen atoms in total. The number of imidazole rings is 1. The van der Waals surface area contributed by atoms with Gasteiger partial charge in [0.1, 0.15) is 16.9 Å². The Morgan fingerprint density at radius 1 is 1.27 bits per heavy atom. The molecule has 26 heavy (non-hydrogen) atoms. The number of fused-ring (bicyclic) bond motifs is 1. The second-order valence-electron chi connectivity index (χ2n) is 8.47. The molecule has 0 bridgehead atoms. The Bertz CT molecular complexity index is 800. The molecule has 0 spiro atoms. The molecule has 0 radical (unpaired) electrons. The van der Waals surface area contributed by atoms with E-state index in [2.05, 4.69) is 53.9 Å². The van der Waals surface area contributed by atoms with E-state index < -0.39 is 11.7 Å². The van der Waals surface area contributed by atoms with Gasteiger partial charge >= 0.3 is 6.09 Å². The topological polar surface area (TPSA) is 69.0 Å². The van der Waals surface area contributed by atoms with Gasteiger partial charge in [-0.2, -0.15) is 0 Å². The average molecular weight is 425 g/mol. The van der Waals surface area contributed by atoms with Gasteiger partial charge in [-0.25, -0.2) is 19.3 Å². The zero-order chi connectivity index (χ0) is 19.7. The van der Waals surface area contributed by atoms with Crippen molar-refractivity contribution in [1.82, 2.24) is 14.5 Å². The summed E-state index contributed by atoms with van der Waals surface area (Å²) in [4.78, 5) is 22.1. The van der Waals surface area contributed by atoms with Gasteiger partial charge in [-0.15, -0.1) is 0 Å². The quantitative estimate of drug-likeness (QED) is 0.698. The smallest absolute Gasteiger partial charge is 0.420 e. The van der Waals surface area contributed by atoms with E-state index in [1.54, 1.807) is 10.8 Å². The van der Waals surface area contributed by atoms with Crippen molar-refractivity contribution in [3.63, 3.8) is 0 Å². The first-order valence-corrected chi connectivity index (χ1v) is 9.79. The van der Waals surface area contributed by atoms with Crippen LogP contribution >= 0.6 is 15.9 Å². The second kappa shape index (κ2) is 7.55. The summed E-state index contributed by atoms with van der Waals surface area (Å²) in [6.45, 7) is 13.9. The summed E-state index contributed by atoms with van der Waals surface area (Å²) in [7, 11) is 0. The lowest BCUT2D eigenvalue weighted by Crippen LogP contribution is -2.28. The molecule has 0 saturated carbocycles. The molecule has 0 aromatic carbocycles. The highest BCUT2D eigenvalue weighted by molar-refractivity contribution is 9.10. The molecule has 0 unspecified atom stereocenters. The third kappa shape index (κ3) is 4.96. The molecule has 0 atom stereocenters. The molecule has 0 fully saturated rings. The van der Waals surface area contributed by atoms with Crippen LogP contribution in [0.1, 0.15) is 67.1 Å². The molecule has 0 amide bonds. The van der Waals surface area contributed by atoms with E-state index in [0.29, 0.717) is 33.6 Å². The summed E-state index contributed by atoms with van der Waals surface area (Å²) >= 11 is 3.53. The minimum atomic E-state index is -0.582. The molecule has 0 aliphatic heterocycles. The standard InChI is InChI=1S/C19H29BrN4O2/c1-8-9-10-13-22-14-15(24(13)17(25)26-19(5,6)7)12(20)11-21-16(14)23-18(2,3)4/h11H,8-10H2,1-7H3,(H,21,23). The summed E-state index contributed by atoms with van der Waals surface area (Å²) in [6.07, 6.45) is 3.94. The van der Waals surface area contributed by atoms with Crippen LogP contribution in [0, 0.1) is 0 Å². The summed E-state index contributed by atoms with van der Waals surface area (Å²) in [5, 5.41) is 3.38. The maximum atomic E-state index is 12.9. The monoisotopic (exact) mass is 424 g/mol. The molecular weight excluding hydrogens is 396 g/mol. The molecule has 0 aliphatic rings. The van der Waals surface area contributed by atoms with Gasteiger partial charge in [-0.1, -0.05) is 13.3 Å². The van der Waals surface area contributed by atoms with E-state index in [0.717, 1.165) is 12.8 Å². The molecule has 2 heterocycles. The number of ether oxygens (including phenoxy) is 1. The molecule has 1 N–H and O–H groups in total. The number of aromatic nitrogens is 3. The molecular formula is C19H29BrN4O2. The third-order valence-corrected chi connectivity index (χ3v) is 4.11. The molecule has 0 aliphatic carbocycles. The zero-order valence-electron chi connectivity index (χ0n) is 16.7. The number of carbonyl (C=O) groups is 1. The van der Waals surface area contributed by atoms with Crippen molar-refractivity contribution in [2.75, 3.05) is 5.32 Å². The lowest BCUT2D eigenvalue weighted by Gasteiger charge is -2.22. The lowest BCUT2D eigenvalue weighted by molar-refractivity contribution is 0.0539. The molecule has 2 aromatic rings. The maximum absolute atomic E-state index is 12.9. The van der Waals surface area contributed by atoms with Gasteiger partial charge in [-0.05, 0) is 63.9 Å². The number of nitrogens with one attached hydrogen (secondary N) is 1. The van der Waals surface area contributed by atoms with Crippen molar-refractivity contribution >= 4 is 38.9 Å². The first kappa shape index (κ1) is 20.7. The Kier molecular flexibility index (Phi) is 6.00. The van der Waals surface area contributed by atoms with Crippen molar-refractivity contribution in [2.24, 2.45) is 0 Å². The van der Waals surface area contributed by atoms with E-state index in [4.69, 9.17) is 9.72 Å².